The molecule has 2 N–H and O–H groups in total. The van der Waals surface area contributed by atoms with Crippen molar-refractivity contribution in [1.29, 1.82) is 0 Å². The number of benzene rings is 1. The maximum absolute atomic E-state index is 14.0. The predicted molar refractivity (Wildman–Crippen MR) is 74.3 cm³/mol. The van der Waals surface area contributed by atoms with Crippen LogP contribution in [-0.4, -0.2) is 37.6 Å². The maximum atomic E-state index is 14.0. The van der Waals surface area contributed by atoms with Crippen LogP contribution in [0.5, 0.6) is 0 Å². The van der Waals surface area contributed by atoms with Gasteiger partial charge < -0.3 is 15.5 Å². The first-order valence-corrected chi connectivity index (χ1v) is 6.52. The fourth-order valence-electron chi connectivity index (χ4n) is 2.99. The fourth-order valence-corrected chi connectivity index (χ4v) is 2.99. The molecule has 1 aromatic rings. The number of nitrogens with zero attached hydrogens (tertiary/aromatic N) is 2. The lowest BCUT2D eigenvalue weighted by molar-refractivity contribution is 0.271. The van der Waals surface area contributed by atoms with Gasteiger partial charge in [-0.05, 0) is 45.1 Å². The summed E-state index contributed by atoms with van der Waals surface area (Å²) in [6, 6.07) is 5.84. The molecule has 1 aliphatic heterocycles. The van der Waals surface area contributed by atoms with E-state index in [9.17, 15) is 4.39 Å². The molecule has 1 aliphatic rings. The van der Waals surface area contributed by atoms with E-state index in [2.05, 4.69) is 30.8 Å². The highest BCUT2D eigenvalue weighted by molar-refractivity contribution is 5.56. The zero-order chi connectivity index (χ0) is 13.3. The Bertz CT molecular complexity index is 420. The first kappa shape index (κ1) is 13.1. The highest BCUT2D eigenvalue weighted by atomic mass is 19.1. The third-order valence-electron chi connectivity index (χ3n) is 3.87. The molecule has 2 atom stereocenters. The first-order chi connectivity index (χ1) is 8.54. The van der Waals surface area contributed by atoms with E-state index < -0.39 is 0 Å². The van der Waals surface area contributed by atoms with Crippen LogP contribution in [0, 0.1) is 5.82 Å². The Balaban J connectivity index is 2.28. The van der Waals surface area contributed by atoms with Crippen LogP contribution in [0.2, 0.25) is 0 Å². The minimum atomic E-state index is -0.215. The number of hydrogen-bond acceptors (Lipinski definition) is 3. The van der Waals surface area contributed by atoms with Crippen LogP contribution in [0.25, 0.3) is 0 Å². The molecule has 0 saturated carbocycles. The van der Waals surface area contributed by atoms with Crippen molar-refractivity contribution in [3.8, 4) is 0 Å². The minimum absolute atomic E-state index is 0.215. The van der Waals surface area contributed by atoms with Crippen molar-refractivity contribution in [3.05, 3.63) is 24.0 Å². The summed E-state index contributed by atoms with van der Waals surface area (Å²) in [6.45, 7) is 3.07. The van der Waals surface area contributed by atoms with Gasteiger partial charge in [0.15, 0.2) is 0 Å². The standard InChI is InChI=1S/C14H22FN3/c1-4-12-14(17(2)3)7-8-18(12)13-6-5-10(16)9-11(13)15/h5-6,9,12,14H,4,7-8,16H2,1-3H3/t12?,14-/m0/s1. The van der Waals surface area contributed by atoms with Gasteiger partial charge in [-0.25, -0.2) is 4.39 Å². The van der Waals surface area contributed by atoms with Crippen molar-refractivity contribution < 1.29 is 4.39 Å². The normalized spacial score (nSPS) is 23.9. The van der Waals surface area contributed by atoms with E-state index in [0.717, 1.165) is 19.4 Å². The van der Waals surface area contributed by atoms with Crippen molar-refractivity contribution >= 4 is 11.4 Å². The van der Waals surface area contributed by atoms with Crippen LogP contribution in [0.15, 0.2) is 18.2 Å². The lowest BCUT2D eigenvalue weighted by atomic mass is 10.1. The minimum Gasteiger partial charge on any atom is -0.399 e. The van der Waals surface area contributed by atoms with E-state index in [1.807, 2.05) is 0 Å². The molecule has 2 rings (SSSR count). The number of nitrogen functional groups attached to an aromatic ring is 1. The van der Waals surface area contributed by atoms with Gasteiger partial charge in [0.2, 0.25) is 0 Å². The Morgan fingerprint density at radius 1 is 1.44 bits per heavy atom. The van der Waals surface area contributed by atoms with Gasteiger partial charge in [0.25, 0.3) is 0 Å². The third-order valence-corrected chi connectivity index (χ3v) is 3.87. The fraction of sp³-hybridized carbons (Fsp3) is 0.571. The van der Waals surface area contributed by atoms with Crippen LogP contribution in [0.1, 0.15) is 19.8 Å². The molecule has 0 amide bonds. The third kappa shape index (κ3) is 2.29. The smallest absolute Gasteiger partial charge is 0.148 e. The van der Waals surface area contributed by atoms with E-state index in [-0.39, 0.29) is 5.82 Å². The number of anilines is 2. The molecule has 18 heavy (non-hydrogen) atoms. The summed E-state index contributed by atoms with van der Waals surface area (Å²) in [7, 11) is 4.19. The van der Waals surface area contributed by atoms with Crippen molar-refractivity contribution in [2.45, 2.75) is 31.8 Å². The van der Waals surface area contributed by atoms with E-state index in [0.29, 0.717) is 23.5 Å². The summed E-state index contributed by atoms with van der Waals surface area (Å²) in [5.74, 6) is -0.215. The largest absolute Gasteiger partial charge is 0.399 e. The van der Waals surface area contributed by atoms with Gasteiger partial charge in [-0.3, -0.25) is 0 Å². The summed E-state index contributed by atoms with van der Waals surface area (Å²) in [5.41, 5.74) is 6.76. The molecule has 0 aliphatic carbocycles. The molecule has 0 radical (unpaired) electrons. The highest BCUT2D eigenvalue weighted by Gasteiger charge is 2.35. The number of likely N-dealkylation sites (N-methyl/N-ethyl adjacent to an activating group) is 1. The maximum Gasteiger partial charge on any atom is 0.148 e. The zero-order valence-corrected chi connectivity index (χ0v) is 11.4. The molecule has 4 heteroatoms. The van der Waals surface area contributed by atoms with Gasteiger partial charge in [0, 0.05) is 24.3 Å². The van der Waals surface area contributed by atoms with Gasteiger partial charge in [0.05, 0.1) is 5.69 Å². The second-order valence-corrected chi connectivity index (χ2v) is 5.20. The molecule has 1 aromatic carbocycles. The van der Waals surface area contributed by atoms with E-state index in [1.165, 1.54) is 6.07 Å². The van der Waals surface area contributed by atoms with Crippen molar-refractivity contribution in [1.82, 2.24) is 4.90 Å². The molecule has 1 fully saturated rings. The summed E-state index contributed by atoms with van der Waals surface area (Å²) in [6.07, 6.45) is 2.10. The zero-order valence-electron chi connectivity index (χ0n) is 11.4. The number of halogens is 1. The Hall–Kier alpha value is -1.29. The van der Waals surface area contributed by atoms with Crippen LogP contribution in [0.4, 0.5) is 15.8 Å². The van der Waals surface area contributed by atoms with Gasteiger partial charge in [0.1, 0.15) is 5.82 Å². The summed E-state index contributed by atoms with van der Waals surface area (Å²) in [5, 5.41) is 0. The summed E-state index contributed by atoms with van der Waals surface area (Å²) >= 11 is 0. The molecular weight excluding hydrogens is 229 g/mol. The van der Waals surface area contributed by atoms with E-state index in [1.54, 1.807) is 12.1 Å². The monoisotopic (exact) mass is 251 g/mol. The SMILES string of the molecule is CCC1[C@@H](N(C)C)CCN1c1ccc(N)cc1F. The van der Waals surface area contributed by atoms with Crippen LogP contribution in [-0.2, 0) is 0 Å². The Morgan fingerprint density at radius 2 is 2.17 bits per heavy atom. The molecule has 100 valence electrons. The van der Waals surface area contributed by atoms with Crippen LogP contribution >= 0.6 is 0 Å². The second-order valence-electron chi connectivity index (χ2n) is 5.20. The topological polar surface area (TPSA) is 32.5 Å². The van der Waals surface area contributed by atoms with Crippen molar-refractivity contribution in [2.75, 3.05) is 31.3 Å². The quantitative estimate of drug-likeness (QED) is 0.837. The predicted octanol–water partition coefficient (Wildman–Crippen LogP) is 2.33. The average Bonchev–Trinajstić information content (AvgIpc) is 2.72. The van der Waals surface area contributed by atoms with Gasteiger partial charge in [-0.1, -0.05) is 6.92 Å². The summed E-state index contributed by atoms with van der Waals surface area (Å²) in [4.78, 5) is 4.42. The van der Waals surface area contributed by atoms with E-state index >= 15 is 0 Å². The molecule has 1 unspecified atom stereocenters. The number of hydrogen-bond donors (Lipinski definition) is 1. The van der Waals surface area contributed by atoms with E-state index in [4.69, 9.17) is 5.73 Å². The lowest BCUT2D eigenvalue weighted by Crippen LogP contribution is -2.41. The van der Waals surface area contributed by atoms with Crippen molar-refractivity contribution in [3.63, 3.8) is 0 Å². The molecule has 0 bridgehead atoms. The molecule has 3 nitrogen and oxygen atoms in total. The van der Waals surface area contributed by atoms with Crippen LogP contribution < -0.4 is 10.6 Å². The number of rotatable bonds is 3. The first-order valence-electron chi connectivity index (χ1n) is 6.52. The lowest BCUT2D eigenvalue weighted by Gasteiger charge is -2.32. The van der Waals surface area contributed by atoms with Crippen molar-refractivity contribution in [2.24, 2.45) is 0 Å². The Labute approximate surface area is 108 Å². The number of nitrogens with two attached hydrogens (primary N) is 1. The highest BCUT2D eigenvalue weighted by Crippen LogP contribution is 2.32. The Morgan fingerprint density at radius 3 is 2.72 bits per heavy atom. The van der Waals surface area contributed by atoms with Gasteiger partial charge in [-0.2, -0.15) is 0 Å². The molecule has 1 heterocycles. The molecule has 0 spiro atoms. The van der Waals surface area contributed by atoms with Gasteiger partial charge >= 0.3 is 0 Å². The van der Waals surface area contributed by atoms with Crippen LogP contribution in [0.3, 0.4) is 0 Å². The molecular formula is C14H22FN3. The molecule has 1 saturated heterocycles. The Kier molecular flexibility index (Phi) is 3.76. The molecule has 0 aromatic heterocycles. The second kappa shape index (κ2) is 5.14. The van der Waals surface area contributed by atoms with Gasteiger partial charge in [-0.15, -0.1) is 0 Å². The average molecular weight is 251 g/mol. The summed E-state index contributed by atoms with van der Waals surface area (Å²) < 4.78 is 14.0.